The first-order chi connectivity index (χ1) is 8.56. The second-order valence-corrected chi connectivity index (χ2v) is 4.92. The van der Waals surface area contributed by atoms with Gasteiger partial charge in [0.05, 0.1) is 4.47 Å². The first kappa shape index (κ1) is 13.0. The molecule has 0 aliphatic heterocycles. The summed E-state index contributed by atoms with van der Waals surface area (Å²) < 4.78 is 24.0. The summed E-state index contributed by atoms with van der Waals surface area (Å²) in [6, 6.07) is 4.54. The maximum absolute atomic E-state index is 13.2. The van der Waals surface area contributed by atoms with Crippen molar-refractivity contribution < 1.29 is 13.7 Å². The number of hydrogen-bond donors (Lipinski definition) is 0. The van der Waals surface area contributed by atoms with Crippen molar-refractivity contribution in [2.45, 2.75) is 26.4 Å². The van der Waals surface area contributed by atoms with E-state index in [-0.39, 0.29) is 18.3 Å². The Bertz CT molecular complexity index is 543. The molecule has 18 heavy (non-hydrogen) atoms. The molecule has 0 aliphatic carbocycles. The quantitative estimate of drug-likeness (QED) is 0.863. The minimum atomic E-state index is -0.374. The first-order valence-electron chi connectivity index (χ1n) is 5.46. The Labute approximate surface area is 112 Å². The van der Waals surface area contributed by atoms with Crippen LogP contribution in [0.3, 0.4) is 0 Å². The van der Waals surface area contributed by atoms with Gasteiger partial charge in [0.15, 0.2) is 12.4 Å². The van der Waals surface area contributed by atoms with Crippen molar-refractivity contribution in [2.75, 3.05) is 0 Å². The molecule has 0 atom stereocenters. The van der Waals surface area contributed by atoms with Crippen molar-refractivity contribution in [3.8, 4) is 5.75 Å². The Kier molecular flexibility index (Phi) is 3.96. The smallest absolute Gasteiger partial charge is 0.264 e. The van der Waals surface area contributed by atoms with Crippen LogP contribution >= 0.6 is 15.9 Å². The van der Waals surface area contributed by atoms with Crippen LogP contribution < -0.4 is 4.74 Å². The second-order valence-electron chi connectivity index (χ2n) is 4.07. The third-order valence-electron chi connectivity index (χ3n) is 2.25. The van der Waals surface area contributed by atoms with E-state index in [4.69, 9.17) is 9.26 Å². The van der Waals surface area contributed by atoms with Crippen molar-refractivity contribution in [1.82, 2.24) is 10.1 Å². The Morgan fingerprint density at radius 2 is 2.22 bits per heavy atom. The first-order valence-corrected chi connectivity index (χ1v) is 6.26. The Morgan fingerprint density at radius 1 is 1.44 bits per heavy atom. The predicted molar refractivity (Wildman–Crippen MR) is 66.8 cm³/mol. The number of benzene rings is 1. The number of aromatic nitrogens is 2. The Morgan fingerprint density at radius 3 is 2.83 bits per heavy atom. The summed E-state index contributed by atoms with van der Waals surface area (Å²) in [5.74, 6) is 1.26. The van der Waals surface area contributed by atoms with Crippen LogP contribution in [0.4, 0.5) is 4.39 Å². The van der Waals surface area contributed by atoms with E-state index in [1.807, 2.05) is 13.8 Å². The van der Waals surface area contributed by atoms with Crippen LogP contribution in [0.2, 0.25) is 0 Å². The molecule has 0 unspecified atom stereocenters. The van der Waals surface area contributed by atoms with E-state index in [0.717, 1.165) is 0 Å². The van der Waals surface area contributed by atoms with Gasteiger partial charge in [0.1, 0.15) is 11.6 Å². The zero-order valence-electron chi connectivity index (χ0n) is 9.98. The van der Waals surface area contributed by atoms with Gasteiger partial charge in [-0.3, -0.25) is 0 Å². The number of ether oxygens (including phenoxy) is 1. The van der Waals surface area contributed by atoms with Gasteiger partial charge in [-0.15, -0.1) is 0 Å². The molecule has 4 nitrogen and oxygen atoms in total. The van der Waals surface area contributed by atoms with E-state index in [0.29, 0.717) is 21.9 Å². The summed E-state index contributed by atoms with van der Waals surface area (Å²) in [4.78, 5) is 4.16. The fourth-order valence-corrected chi connectivity index (χ4v) is 1.52. The van der Waals surface area contributed by atoms with Crippen LogP contribution in [0.1, 0.15) is 31.5 Å². The van der Waals surface area contributed by atoms with Crippen molar-refractivity contribution in [1.29, 1.82) is 0 Å². The molecule has 0 bridgehead atoms. The SMILES string of the molecule is CC(C)c1noc(COc2ccc(Br)c(F)c2)n1. The molecule has 1 aromatic heterocycles. The minimum Gasteiger partial charge on any atom is -0.484 e. The third kappa shape index (κ3) is 3.07. The van der Waals surface area contributed by atoms with Crippen LogP contribution in [0.5, 0.6) is 5.75 Å². The molecule has 0 N–H and O–H groups in total. The highest BCUT2D eigenvalue weighted by atomic mass is 79.9. The minimum absolute atomic E-state index is 0.126. The molecule has 0 radical (unpaired) electrons. The van der Waals surface area contributed by atoms with Crippen molar-refractivity contribution >= 4 is 15.9 Å². The lowest BCUT2D eigenvalue weighted by atomic mass is 10.2. The molecule has 2 aromatic rings. The normalized spacial score (nSPS) is 10.9. The van der Waals surface area contributed by atoms with Crippen molar-refractivity contribution in [3.05, 3.63) is 40.2 Å². The zero-order chi connectivity index (χ0) is 13.1. The van der Waals surface area contributed by atoms with Crippen LogP contribution in [-0.4, -0.2) is 10.1 Å². The molecular formula is C12H12BrFN2O2. The lowest BCUT2D eigenvalue weighted by Crippen LogP contribution is -1.97. The van der Waals surface area contributed by atoms with Crippen LogP contribution in [0, 0.1) is 5.82 Å². The highest BCUT2D eigenvalue weighted by molar-refractivity contribution is 9.10. The lowest BCUT2D eigenvalue weighted by molar-refractivity contribution is 0.241. The topological polar surface area (TPSA) is 48.2 Å². The van der Waals surface area contributed by atoms with Gasteiger partial charge in [0.25, 0.3) is 5.89 Å². The summed E-state index contributed by atoms with van der Waals surface area (Å²) in [5.41, 5.74) is 0. The number of hydrogen-bond acceptors (Lipinski definition) is 4. The van der Waals surface area contributed by atoms with Gasteiger partial charge in [-0.05, 0) is 28.1 Å². The molecule has 1 aromatic carbocycles. The summed E-state index contributed by atoms with van der Waals surface area (Å²) in [6.07, 6.45) is 0. The molecule has 0 fully saturated rings. The highest BCUT2D eigenvalue weighted by Crippen LogP contribution is 2.21. The van der Waals surface area contributed by atoms with Gasteiger partial charge in [-0.1, -0.05) is 19.0 Å². The number of halogens is 2. The molecule has 0 amide bonds. The van der Waals surface area contributed by atoms with Gasteiger partial charge in [0, 0.05) is 12.0 Å². The largest absolute Gasteiger partial charge is 0.484 e. The summed E-state index contributed by atoms with van der Waals surface area (Å²) in [5, 5.41) is 3.81. The van der Waals surface area contributed by atoms with E-state index < -0.39 is 0 Å². The van der Waals surface area contributed by atoms with Crippen molar-refractivity contribution in [2.24, 2.45) is 0 Å². The average Bonchev–Trinajstić information content (AvgIpc) is 2.79. The van der Waals surface area contributed by atoms with Gasteiger partial charge >= 0.3 is 0 Å². The molecule has 1 heterocycles. The molecule has 0 saturated heterocycles. The predicted octanol–water partition coefficient (Wildman–Crippen LogP) is 3.67. The molecule has 96 valence electrons. The summed E-state index contributed by atoms with van der Waals surface area (Å²) in [7, 11) is 0. The van der Waals surface area contributed by atoms with Gasteiger partial charge < -0.3 is 9.26 Å². The molecule has 2 rings (SSSR count). The van der Waals surface area contributed by atoms with E-state index in [2.05, 4.69) is 26.1 Å². The molecule has 0 aliphatic rings. The summed E-state index contributed by atoms with van der Waals surface area (Å²) in [6.45, 7) is 4.07. The standard InChI is InChI=1S/C12H12BrFN2O2/c1-7(2)12-15-11(18-16-12)6-17-8-3-4-9(13)10(14)5-8/h3-5,7H,6H2,1-2H3. The highest BCUT2D eigenvalue weighted by Gasteiger charge is 2.10. The molecule has 6 heteroatoms. The maximum atomic E-state index is 13.2. The zero-order valence-corrected chi connectivity index (χ0v) is 11.6. The molecule has 0 saturated carbocycles. The Hall–Kier alpha value is -1.43. The number of nitrogens with zero attached hydrogens (tertiary/aromatic N) is 2. The van der Waals surface area contributed by atoms with E-state index in [1.165, 1.54) is 6.07 Å². The lowest BCUT2D eigenvalue weighted by Gasteiger charge is -2.03. The van der Waals surface area contributed by atoms with Gasteiger partial charge in [-0.25, -0.2) is 4.39 Å². The van der Waals surface area contributed by atoms with Crippen molar-refractivity contribution in [3.63, 3.8) is 0 Å². The van der Waals surface area contributed by atoms with E-state index in [1.54, 1.807) is 12.1 Å². The molecular weight excluding hydrogens is 303 g/mol. The van der Waals surface area contributed by atoms with Crippen LogP contribution in [0.25, 0.3) is 0 Å². The fraction of sp³-hybridized carbons (Fsp3) is 0.333. The van der Waals surface area contributed by atoms with Crippen LogP contribution in [0.15, 0.2) is 27.2 Å². The summed E-state index contributed by atoms with van der Waals surface area (Å²) >= 11 is 3.07. The second kappa shape index (κ2) is 5.48. The fourth-order valence-electron chi connectivity index (χ4n) is 1.27. The number of rotatable bonds is 4. The monoisotopic (exact) mass is 314 g/mol. The van der Waals surface area contributed by atoms with Gasteiger partial charge in [-0.2, -0.15) is 4.98 Å². The van der Waals surface area contributed by atoms with Crippen LogP contribution in [-0.2, 0) is 6.61 Å². The van der Waals surface area contributed by atoms with Gasteiger partial charge in [0.2, 0.25) is 0 Å². The third-order valence-corrected chi connectivity index (χ3v) is 2.90. The Balaban J connectivity index is 2.00. The molecule has 0 spiro atoms. The van der Waals surface area contributed by atoms with E-state index >= 15 is 0 Å². The maximum Gasteiger partial charge on any atom is 0.264 e. The van der Waals surface area contributed by atoms with E-state index in [9.17, 15) is 4.39 Å². The average molecular weight is 315 g/mol.